The van der Waals surface area contributed by atoms with E-state index in [-0.39, 0.29) is 0 Å². The fraction of sp³-hybridized carbons (Fsp3) is 0.778. The minimum absolute atomic E-state index is 0.619. The van der Waals surface area contributed by atoms with E-state index in [4.69, 9.17) is 0 Å². The van der Waals surface area contributed by atoms with Crippen LogP contribution in [0.4, 0.5) is 0 Å². The molecular formula is C18H30N2S. The summed E-state index contributed by atoms with van der Waals surface area (Å²) in [4.78, 5) is 4.33. The van der Waals surface area contributed by atoms with Crippen molar-refractivity contribution in [2.45, 2.75) is 70.5 Å². The molecule has 1 aromatic heterocycles. The number of hydrogen-bond donors (Lipinski definition) is 1. The first-order valence-electron chi connectivity index (χ1n) is 8.82. The van der Waals surface area contributed by atoms with Crippen LogP contribution in [0.5, 0.6) is 0 Å². The smallest absolute Gasteiger partial charge is 0.0442 e. The van der Waals surface area contributed by atoms with Gasteiger partial charge in [-0.2, -0.15) is 0 Å². The second-order valence-corrected chi connectivity index (χ2v) is 7.88. The molecule has 2 fully saturated rings. The second-order valence-electron chi connectivity index (χ2n) is 6.90. The monoisotopic (exact) mass is 306 g/mol. The van der Waals surface area contributed by atoms with Crippen LogP contribution in [0.1, 0.15) is 63.3 Å². The molecule has 2 nitrogen and oxygen atoms in total. The highest BCUT2D eigenvalue weighted by atomic mass is 32.1. The van der Waals surface area contributed by atoms with Gasteiger partial charge in [0.15, 0.2) is 0 Å². The molecule has 1 N–H and O–H groups in total. The number of piperazine rings is 1. The topological polar surface area (TPSA) is 15.3 Å². The van der Waals surface area contributed by atoms with E-state index < -0.39 is 0 Å². The van der Waals surface area contributed by atoms with Gasteiger partial charge in [0.05, 0.1) is 0 Å². The van der Waals surface area contributed by atoms with Crippen molar-refractivity contribution in [3.8, 4) is 0 Å². The van der Waals surface area contributed by atoms with Gasteiger partial charge in [-0.15, -0.1) is 11.3 Å². The summed E-state index contributed by atoms with van der Waals surface area (Å²) in [5.74, 6) is 0.912. The number of rotatable bonds is 4. The summed E-state index contributed by atoms with van der Waals surface area (Å²) in [7, 11) is 0. The van der Waals surface area contributed by atoms with E-state index in [2.05, 4.69) is 41.6 Å². The zero-order valence-corrected chi connectivity index (χ0v) is 14.4. The van der Waals surface area contributed by atoms with Gasteiger partial charge in [0.25, 0.3) is 0 Å². The van der Waals surface area contributed by atoms with Gasteiger partial charge >= 0.3 is 0 Å². The Morgan fingerprint density at radius 1 is 1.33 bits per heavy atom. The van der Waals surface area contributed by atoms with Crippen molar-refractivity contribution in [2.24, 2.45) is 5.92 Å². The molecule has 3 heteroatoms. The normalized spacial score (nSPS) is 30.4. The van der Waals surface area contributed by atoms with Gasteiger partial charge in [-0.25, -0.2) is 0 Å². The fourth-order valence-electron chi connectivity index (χ4n) is 4.28. The largest absolute Gasteiger partial charge is 0.311 e. The van der Waals surface area contributed by atoms with Crippen LogP contribution in [0.15, 0.2) is 17.5 Å². The van der Waals surface area contributed by atoms with Crippen molar-refractivity contribution in [3.63, 3.8) is 0 Å². The molecule has 0 amide bonds. The Morgan fingerprint density at radius 3 is 2.81 bits per heavy atom. The number of hydrogen-bond acceptors (Lipinski definition) is 3. The predicted octanol–water partition coefficient (Wildman–Crippen LogP) is 4.44. The van der Waals surface area contributed by atoms with E-state index in [1.807, 2.05) is 11.3 Å². The van der Waals surface area contributed by atoms with Crippen molar-refractivity contribution >= 4 is 11.3 Å². The first-order chi connectivity index (χ1) is 10.3. The summed E-state index contributed by atoms with van der Waals surface area (Å²) >= 11 is 1.93. The van der Waals surface area contributed by atoms with E-state index in [1.165, 1.54) is 45.1 Å². The Kier molecular flexibility index (Phi) is 5.36. The van der Waals surface area contributed by atoms with E-state index in [1.54, 1.807) is 4.88 Å². The molecule has 1 saturated carbocycles. The lowest BCUT2D eigenvalue weighted by molar-refractivity contribution is 0.0646. The van der Waals surface area contributed by atoms with Crippen LogP contribution in [0.25, 0.3) is 0 Å². The molecule has 0 bridgehead atoms. The molecule has 118 valence electrons. The SMILES string of the molecule is CCC(c1cccs1)N1CC(C2CCCCC2)NCC1C. The minimum atomic E-state index is 0.619. The van der Waals surface area contributed by atoms with E-state index in [0.29, 0.717) is 12.1 Å². The van der Waals surface area contributed by atoms with Gasteiger partial charge < -0.3 is 5.32 Å². The quantitative estimate of drug-likeness (QED) is 0.884. The van der Waals surface area contributed by atoms with Gasteiger partial charge in [0.1, 0.15) is 0 Å². The summed E-state index contributed by atoms with van der Waals surface area (Å²) in [6, 6.07) is 6.51. The lowest BCUT2D eigenvalue weighted by Gasteiger charge is -2.46. The van der Waals surface area contributed by atoms with Crippen LogP contribution >= 0.6 is 11.3 Å². The molecule has 0 aromatic carbocycles. The third kappa shape index (κ3) is 3.52. The van der Waals surface area contributed by atoms with Crippen molar-refractivity contribution in [2.75, 3.05) is 13.1 Å². The van der Waals surface area contributed by atoms with Crippen LogP contribution < -0.4 is 5.32 Å². The number of thiophene rings is 1. The molecular weight excluding hydrogens is 276 g/mol. The molecule has 1 aliphatic heterocycles. The fourth-order valence-corrected chi connectivity index (χ4v) is 5.21. The Morgan fingerprint density at radius 2 is 2.14 bits per heavy atom. The van der Waals surface area contributed by atoms with Crippen LogP contribution in [-0.2, 0) is 0 Å². The molecule has 2 aliphatic rings. The summed E-state index contributed by atoms with van der Waals surface area (Å²) in [5.41, 5.74) is 0. The zero-order valence-electron chi connectivity index (χ0n) is 13.6. The molecule has 1 saturated heterocycles. The molecule has 21 heavy (non-hydrogen) atoms. The minimum Gasteiger partial charge on any atom is -0.311 e. The van der Waals surface area contributed by atoms with Gasteiger partial charge in [0, 0.05) is 36.1 Å². The van der Waals surface area contributed by atoms with E-state index in [9.17, 15) is 0 Å². The third-order valence-corrected chi connectivity index (χ3v) is 6.50. The highest BCUT2D eigenvalue weighted by Crippen LogP contribution is 2.34. The summed E-state index contributed by atoms with van der Waals surface area (Å²) < 4.78 is 0. The lowest BCUT2D eigenvalue weighted by Crippen LogP contribution is -2.58. The number of nitrogens with zero attached hydrogens (tertiary/aromatic N) is 1. The first kappa shape index (κ1) is 15.5. The summed E-state index contributed by atoms with van der Waals surface area (Å²) in [6.07, 6.45) is 8.45. The predicted molar refractivity (Wildman–Crippen MR) is 91.9 cm³/mol. The maximum Gasteiger partial charge on any atom is 0.0442 e. The van der Waals surface area contributed by atoms with Crippen LogP contribution in [-0.4, -0.2) is 30.1 Å². The van der Waals surface area contributed by atoms with E-state index >= 15 is 0 Å². The molecule has 3 atom stereocenters. The molecule has 3 unspecified atom stereocenters. The van der Waals surface area contributed by atoms with Crippen LogP contribution in [0.3, 0.4) is 0 Å². The molecule has 1 aliphatic carbocycles. The third-order valence-electron chi connectivity index (χ3n) is 5.53. The first-order valence-corrected chi connectivity index (χ1v) is 9.70. The highest BCUT2D eigenvalue weighted by Gasteiger charge is 2.34. The van der Waals surface area contributed by atoms with Gasteiger partial charge in [-0.1, -0.05) is 32.3 Å². The van der Waals surface area contributed by atoms with Crippen LogP contribution in [0, 0.1) is 5.92 Å². The van der Waals surface area contributed by atoms with Crippen LogP contribution in [0.2, 0.25) is 0 Å². The van der Waals surface area contributed by atoms with E-state index in [0.717, 1.165) is 18.5 Å². The highest BCUT2D eigenvalue weighted by molar-refractivity contribution is 7.10. The van der Waals surface area contributed by atoms with Gasteiger partial charge in [-0.05, 0) is 43.6 Å². The second kappa shape index (κ2) is 7.26. The average molecular weight is 307 g/mol. The van der Waals surface area contributed by atoms with Crippen molar-refractivity contribution in [1.29, 1.82) is 0 Å². The molecule has 1 aromatic rings. The lowest BCUT2D eigenvalue weighted by atomic mass is 9.82. The zero-order chi connectivity index (χ0) is 14.7. The Balaban J connectivity index is 1.70. The van der Waals surface area contributed by atoms with Crippen molar-refractivity contribution in [3.05, 3.63) is 22.4 Å². The van der Waals surface area contributed by atoms with Crippen molar-refractivity contribution < 1.29 is 0 Å². The van der Waals surface area contributed by atoms with Crippen molar-refractivity contribution in [1.82, 2.24) is 10.2 Å². The molecule has 2 heterocycles. The van der Waals surface area contributed by atoms with Gasteiger partial charge in [0.2, 0.25) is 0 Å². The number of nitrogens with one attached hydrogen (secondary N) is 1. The average Bonchev–Trinajstić information content (AvgIpc) is 3.05. The maximum absolute atomic E-state index is 3.85. The Hall–Kier alpha value is -0.380. The molecule has 0 radical (unpaired) electrons. The summed E-state index contributed by atoms with van der Waals surface area (Å²) in [6.45, 7) is 7.13. The Bertz CT molecular complexity index is 411. The Labute approximate surface area is 133 Å². The maximum atomic E-state index is 3.85. The molecule has 3 rings (SSSR count). The molecule has 0 spiro atoms. The standard InChI is InChI=1S/C18H30N2S/c1-3-17(18-10-7-11-21-18)20-13-16(19-12-14(20)2)15-8-5-4-6-9-15/h7,10-11,14-17,19H,3-6,8-9,12-13H2,1-2H3. The summed E-state index contributed by atoms with van der Waals surface area (Å²) in [5, 5.41) is 6.08. The van der Waals surface area contributed by atoms with Gasteiger partial charge in [-0.3, -0.25) is 4.90 Å².